The largest absolute Gasteiger partial charge is 0.454 e. The van der Waals surface area contributed by atoms with Crippen molar-refractivity contribution in [2.75, 3.05) is 13.2 Å². The molecule has 0 unspecified atom stereocenters. The minimum Gasteiger partial charge on any atom is -0.454 e. The Morgan fingerprint density at radius 1 is 1.09 bits per heavy atom. The number of fused-ring (bicyclic) bond motifs is 3. The van der Waals surface area contributed by atoms with Crippen LogP contribution in [-0.4, -0.2) is 87.6 Å². The zero-order valence-electron chi connectivity index (χ0n) is 20.6. The molecule has 0 bridgehead atoms. The summed E-state index contributed by atoms with van der Waals surface area (Å²) in [7, 11) is 0. The predicted molar refractivity (Wildman–Crippen MR) is 123 cm³/mol. The van der Waals surface area contributed by atoms with Gasteiger partial charge in [-0.25, -0.2) is 4.79 Å². The Kier molecular flexibility index (Phi) is 6.44. The molecule has 2 aliphatic heterocycles. The highest BCUT2D eigenvalue weighted by molar-refractivity contribution is 5.92. The summed E-state index contributed by atoms with van der Waals surface area (Å²) in [6.07, 6.45) is -2.58. The number of carbonyl (C=O) groups excluding carboxylic acids is 1. The number of esters is 1. The molecule has 35 heavy (non-hydrogen) atoms. The van der Waals surface area contributed by atoms with E-state index in [1.165, 1.54) is 5.57 Å². The summed E-state index contributed by atoms with van der Waals surface area (Å²) in [4.78, 5) is 12.2. The van der Waals surface area contributed by atoms with Gasteiger partial charge in [0.15, 0.2) is 6.29 Å². The summed E-state index contributed by atoms with van der Waals surface area (Å²) in [6, 6.07) is 0. The van der Waals surface area contributed by atoms with Gasteiger partial charge >= 0.3 is 5.97 Å². The van der Waals surface area contributed by atoms with Gasteiger partial charge in [-0.3, -0.25) is 0 Å². The van der Waals surface area contributed by atoms with Gasteiger partial charge in [-0.2, -0.15) is 0 Å². The summed E-state index contributed by atoms with van der Waals surface area (Å²) in [5.74, 6) is -0.102. The molecule has 2 fully saturated rings. The van der Waals surface area contributed by atoms with E-state index in [0.717, 1.165) is 43.3 Å². The van der Waals surface area contributed by atoms with Gasteiger partial charge in [0.1, 0.15) is 36.6 Å². The Bertz CT molecular complexity index is 941. The lowest BCUT2D eigenvalue weighted by molar-refractivity contribution is -0.308. The molecule has 0 aromatic rings. The lowest BCUT2D eigenvalue weighted by Crippen LogP contribution is -2.60. The van der Waals surface area contributed by atoms with Crippen molar-refractivity contribution in [3.8, 4) is 0 Å². The maximum atomic E-state index is 12.2. The van der Waals surface area contributed by atoms with E-state index in [1.807, 2.05) is 0 Å². The zero-order chi connectivity index (χ0) is 25.3. The Morgan fingerprint density at radius 3 is 2.54 bits per heavy atom. The first-order valence-electron chi connectivity index (χ1n) is 12.8. The monoisotopic (exact) mass is 494 g/mol. The molecule has 3 aliphatic carbocycles. The molecule has 2 heterocycles. The lowest BCUT2D eigenvalue weighted by Gasteiger charge is -2.58. The van der Waals surface area contributed by atoms with Crippen molar-refractivity contribution >= 4 is 5.97 Å². The fraction of sp³-hybridized carbons (Fsp3) is 0.808. The van der Waals surface area contributed by atoms with Crippen LogP contribution in [0.25, 0.3) is 0 Å². The number of rotatable bonds is 4. The van der Waals surface area contributed by atoms with Crippen LogP contribution in [0.3, 0.4) is 0 Å². The third kappa shape index (κ3) is 3.82. The molecule has 5 N–H and O–H groups in total. The van der Waals surface area contributed by atoms with E-state index in [-0.39, 0.29) is 29.3 Å². The molecule has 0 amide bonds. The summed E-state index contributed by atoms with van der Waals surface area (Å²) in [5.41, 5.74) is 3.05. The number of aliphatic hydroxyl groups excluding tert-OH is 5. The predicted octanol–water partition coefficient (Wildman–Crippen LogP) is 0.712. The highest BCUT2D eigenvalue weighted by Crippen LogP contribution is 2.62. The molecular formula is C26H38O9. The average molecular weight is 495 g/mol. The summed E-state index contributed by atoms with van der Waals surface area (Å²) < 4.78 is 17.2. The van der Waals surface area contributed by atoms with Gasteiger partial charge in [0.25, 0.3) is 0 Å². The number of carbonyl (C=O) groups is 1. The lowest BCUT2D eigenvalue weighted by atomic mass is 9.48. The number of aliphatic hydroxyl groups is 5. The van der Waals surface area contributed by atoms with Gasteiger partial charge < -0.3 is 39.7 Å². The standard InChI is InChI=1S/C26H38O9/c1-12-18-15(34-23(12)32)9-14-13(19(18)28)5-6-17-25(2,7-4-8-26(14,17)3)11-33-24-22(31)21(30)20(29)16(10-27)35-24/h15-17,19-22,24,27-31H,4-11H2,1-3H3/t15-,16+,17-,19-,20+,21-,22+,24+,25+,26+/m1/s1. The molecule has 0 aromatic heterocycles. The third-order valence-corrected chi connectivity index (χ3v) is 9.61. The zero-order valence-corrected chi connectivity index (χ0v) is 20.6. The van der Waals surface area contributed by atoms with Crippen LogP contribution >= 0.6 is 0 Å². The van der Waals surface area contributed by atoms with Gasteiger partial charge in [-0.1, -0.05) is 25.8 Å². The second-order valence-electron chi connectivity index (χ2n) is 11.6. The molecule has 1 saturated carbocycles. The smallest absolute Gasteiger partial charge is 0.334 e. The second kappa shape index (κ2) is 8.90. The molecule has 0 aromatic carbocycles. The summed E-state index contributed by atoms with van der Waals surface area (Å²) in [5, 5.41) is 51.3. The van der Waals surface area contributed by atoms with Gasteiger partial charge in [-0.05, 0) is 54.9 Å². The Labute approximate surface area is 205 Å². The fourth-order valence-corrected chi connectivity index (χ4v) is 7.69. The Balaban J connectivity index is 1.37. The van der Waals surface area contributed by atoms with Crippen LogP contribution in [0.2, 0.25) is 0 Å². The van der Waals surface area contributed by atoms with Crippen LogP contribution in [0.4, 0.5) is 0 Å². The van der Waals surface area contributed by atoms with Crippen molar-refractivity contribution in [3.05, 3.63) is 22.3 Å². The molecule has 9 heteroatoms. The second-order valence-corrected chi connectivity index (χ2v) is 11.6. The van der Waals surface area contributed by atoms with Crippen molar-refractivity contribution in [1.82, 2.24) is 0 Å². The van der Waals surface area contributed by atoms with Crippen molar-refractivity contribution in [1.29, 1.82) is 0 Å². The van der Waals surface area contributed by atoms with Crippen LogP contribution in [0.5, 0.6) is 0 Å². The summed E-state index contributed by atoms with van der Waals surface area (Å²) in [6.45, 7) is 5.94. The molecule has 5 rings (SSSR count). The normalized spacial score (nSPS) is 47.8. The van der Waals surface area contributed by atoms with Crippen LogP contribution in [-0.2, 0) is 19.0 Å². The van der Waals surface area contributed by atoms with Crippen molar-refractivity contribution in [2.24, 2.45) is 16.7 Å². The highest BCUT2D eigenvalue weighted by atomic mass is 16.7. The van der Waals surface area contributed by atoms with Crippen LogP contribution in [0.15, 0.2) is 22.3 Å². The van der Waals surface area contributed by atoms with Gasteiger partial charge in [0, 0.05) is 17.6 Å². The number of ether oxygens (including phenoxy) is 3. The maximum absolute atomic E-state index is 12.2. The van der Waals surface area contributed by atoms with Crippen LogP contribution in [0, 0.1) is 16.7 Å². The minimum atomic E-state index is -1.47. The Morgan fingerprint density at radius 2 is 1.83 bits per heavy atom. The topological polar surface area (TPSA) is 146 Å². The van der Waals surface area contributed by atoms with E-state index in [2.05, 4.69) is 13.8 Å². The van der Waals surface area contributed by atoms with Crippen molar-refractivity contribution in [3.63, 3.8) is 0 Å². The van der Waals surface area contributed by atoms with Crippen molar-refractivity contribution in [2.45, 2.75) is 102 Å². The van der Waals surface area contributed by atoms with Gasteiger partial charge in [-0.15, -0.1) is 0 Å². The first-order chi connectivity index (χ1) is 16.5. The molecule has 1 saturated heterocycles. The number of hydrogen-bond acceptors (Lipinski definition) is 9. The van der Waals surface area contributed by atoms with Crippen molar-refractivity contribution < 1.29 is 44.5 Å². The molecular weight excluding hydrogens is 456 g/mol. The van der Waals surface area contributed by atoms with E-state index in [4.69, 9.17) is 14.2 Å². The number of hydrogen-bond donors (Lipinski definition) is 5. The summed E-state index contributed by atoms with van der Waals surface area (Å²) >= 11 is 0. The van der Waals surface area contributed by atoms with E-state index in [9.17, 15) is 30.3 Å². The van der Waals surface area contributed by atoms with E-state index < -0.39 is 49.5 Å². The molecule has 10 atom stereocenters. The minimum absolute atomic E-state index is 0.186. The SMILES string of the molecule is CC1=C2[C@H](O)C3=C(C[C@H]2OC1=O)[C@]1(C)CCC[C@@](C)(CO[C@H]2O[C@@H](CO)[C@H](O)[C@@H](O)[C@@H]2O)[C@H]1CC3. The fourth-order valence-electron chi connectivity index (χ4n) is 7.69. The van der Waals surface area contributed by atoms with E-state index >= 15 is 0 Å². The van der Waals surface area contributed by atoms with Gasteiger partial charge in [0.05, 0.1) is 13.2 Å². The molecule has 9 nitrogen and oxygen atoms in total. The van der Waals surface area contributed by atoms with Crippen LogP contribution in [0.1, 0.15) is 59.3 Å². The molecule has 196 valence electrons. The highest BCUT2D eigenvalue weighted by Gasteiger charge is 2.56. The quantitative estimate of drug-likeness (QED) is 0.282. The first-order valence-corrected chi connectivity index (χ1v) is 12.8. The van der Waals surface area contributed by atoms with Gasteiger partial charge in [0.2, 0.25) is 0 Å². The first kappa shape index (κ1) is 25.3. The maximum Gasteiger partial charge on any atom is 0.334 e. The average Bonchev–Trinajstić information content (AvgIpc) is 3.11. The van der Waals surface area contributed by atoms with E-state index in [0.29, 0.717) is 12.0 Å². The molecule has 0 radical (unpaired) electrons. The molecule has 5 aliphatic rings. The third-order valence-electron chi connectivity index (χ3n) is 9.61. The van der Waals surface area contributed by atoms with E-state index in [1.54, 1.807) is 6.92 Å². The van der Waals surface area contributed by atoms with Crippen LogP contribution < -0.4 is 0 Å². The molecule has 0 spiro atoms. The Hall–Kier alpha value is -1.33.